The number of aliphatic hydroxyl groups excluding tert-OH is 1. The molecule has 0 aromatic heterocycles. The van der Waals surface area contributed by atoms with E-state index in [1.54, 1.807) is 18.2 Å². The molecule has 3 N–H and O–H groups in total. The van der Waals surface area contributed by atoms with E-state index in [9.17, 15) is 29.5 Å². The van der Waals surface area contributed by atoms with Crippen molar-refractivity contribution < 1.29 is 33.4 Å². The number of amides is 4. The SMILES string of the molecule is CC1(C)[C@H](NC(=O)c2ccc(CCCCCCN3CCN(c4cc5c(cc4F)C(=O)N(C4CCC(=O)NC4=O)C5O)CC3)cc2)C(C)(C)[C@H]1Oc1ccc(C#N)c(Cl)c1. The van der Waals surface area contributed by atoms with Crippen LogP contribution in [-0.2, 0) is 16.0 Å². The number of hydrogen-bond acceptors (Lipinski definition) is 9. The number of anilines is 1. The number of nitriles is 1. The Hall–Kier alpha value is -5.03. The predicted octanol–water partition coefficient (Wildman–Crippen LogP) is 6.14. The zero-order chi connectivity index (χ0) is 42.2. The van der Waals surface area contributed by atoms with Gasteiger partial charge in [0.25, 0.3) is 11.8 Å². The number of aliphatic hydroxyl groups is 1. The standard InChI is InChI=1S/C45H52ClFN6O6/c1-44(2)42(45(3,4)43(44)59-30-15-14-29(26-48)33(46)23-30)50-38(55)28-12-10-27(11-13-28)9-7-5-6-8-18-51-19-21-52(22-20-51)36-25-32-31(24-34(36)47)40(57)53(41(32)58)35-16-17-37(54)49-39(35)56/h10-15,23-25,35,41-43,58H,5-9,16-22H2,1-4H3,(H,50,55)(H,49,54,56)/t35?,41?,42-,43-. The van der Waals surface area contributed by atoms with Crippen LogP contribution in [0.3, 0.4) is 0 Å². The summed E-state index contributed by atoms with van der Waals surface area (Å²) in [6.07, 6.45) is 3.79. The largest absolute Gasteiger partial charge is 0.489 e. The molecular formula is C45H52ClFN6O6. The monoisotopic (exact) mass is 826 g/mol. The van der Waals surface area contributed by atoms with Crippen molar-refractivity contribution in [1.29, 1.82) is 5.26 Å². The molecule has 59 heavy (non-hydrogen) atoms. The van der Waals surface area contributed by atoms with Crippen LogP contribution >= 0.6 is 11.6 Å². The molecule has 3 aromatic carbocycles. The number of ether oxygens (including phenoxy) is 1. The molecule has 7 rings (SSSR count). The fraction of sp³-hybridized carbons (Fsp3) is 0.489. The van der Waals surface area contributed by atoms with E-state index in [0.717, 1.165) is 62.7 Å². The number of benzene rings is 3. The van der Waals surface area contributed by atoms with E-state index in [-0.39, 0.29) is 52.9 Å². The lowest BCUT2D eigenvalue weighted by Gasteiger charge is -2.63. The first-order valence-corrected chi connectivity index (χ1v) is 20.9. The highest BCUT2D eigenvalue weighted by molar-refractivity contribution is 6.31. The molecule has 3 fully saturated rings. The first-order chi connectivity index (χ1) is 28.1. The molecule has 4 amide bonds. The number of carbonyl (C=O) groups excluding carboxylic acids is 4. The quantitative estimate of drug-likeness (QED) is 0.136. The second kappa shape index (κ2) is 16.9. The van der Waals surface area contributed by atoms with Gasteiger partial charge in [0, 0.05) is 66.7 Å². The summed E-state index contributed by atoms with van der Waals surface area (Å²) in [6, 6.07) is 16.5. The lowest BCUT2D eigenvalue weighted by atomic mass is 9.49. The van der Waals surface area contributed by atoms with E-state index in [0.29, 0.717) is 40.7 Å². The van der Waals surface area contributed by atoms with Crippen LogP contribution in [-0.4, -0.2) is 89.4 Å². The molecule has 2 unspecified atom stereocenters. The molecule has 3 heterocycles. The van der Waals surface area contributed by atoms with Gasteiger partial charge in [-0.25, -0.2) is 4.39 Å². The number of fused-ring (bicyclic) bond motifs is 1. The molecule has 2 saturated heterocycles. The third-order valence-corrected chi connectivity index (χ3v) is 13.0. The highest BCUT2D eigenvalue weighted by atomic mass is 35.5. The minimum atomic E-state index is -1.40. The van der Waals surface area contributed by atoms with Crippen molar-refractivity contribution in [3.8, 4) is 11.8 Å². The Morgan fingerprint density at radius 3 is 2.34 bits per heavy atom. The minimum Gasteiger partial charge on any atom is -0.489 e. The molecule has 0 spiro atoms. The lowest BCUT2D eigenvalue weighted by molar-refractivity contribution is -0.164. The summed E-state index contributed by atoms with van der Waals surface area (Å²) < 4.78 is 21.7. The number of piperazine rings is 1. The van der Waals surface area contributed by atoms with Gasteiger partial charge in [0.15, 0.2) is 6.23 Å². The predicted molar refractivity (Wildman–Crippen MR) is 220 cm³/mol. The highest BCUT2D eigenvalue weighted by Crippen LogP contribution is 2.55. The van der Waals surface area contributed by atoms with Gasteiger partial charge in [-0.1, -0.05) is 64.3 Å². The van der Waals surface area contributed by atoms with E-state index in [2.05, 4.69) is 49.3 Å². The number of piperidine rings is 1. The van der Waals surface area contributed by atoms with Gasteiger partial charge in [0.05, 0.1) is 21.8 Å². The Labute approximate surface area is 349 Å². The van der Waals surface area contributed by atoms with E-state index >= 15 is 4.39 Å². The van der Waals surface area contributed by atoms with Gasteiger partial charge >= 0.3 is 0 Å². The second-order valence-corrected chi connectivity index (χ2v) is 17.8. The summed E-state index contributed by atoms with van der Waals surface area (Å²) in [5, 5.41) is 26.1. The van der Waals surface area contributed by atoms with Crippen molar-refractivity contribution in [2.75, 3.05) is 37.6 Å². The molecule has 14 heteroatoms. The lowest BCUT2D eigenvalue weighted by Crippen LogP contribution is -2.74. The van der Waals surface area contributed by atoms with Crippen molar-refractivity contribution in [3.05, 3.63) is 93.3 Å². The molecular weight excluding hydrogens is 775 g/mol. The number of carbonyl (C=O) groups is 4. The number of aryl methyl sites for hydroxylation is 1. The van der Waals surface area contributed by atoms with Crippen LogP contribution in [0, 0.1) is 28.0 Å². The van der Waals surface area contributed by atoms with Crippen LogP contribution in [0.25, 0.3) is 0 Å². The number of nitrogens with zero attached hydrogens (tertiary/aromatic N) is 4. The maximum absolute atomic E-state index is 15.4. The molecule has 4 aliphatic rings. The summed E-state index contributed by atoms with van der Waals surface area (Å²) in [5.41, 5.74) is 2.14. The molecule has 3 aromatic rings. The number of imide groups is 1. The van der Waals surface area contributed by atoms with Gasteiger partial charge in [-0.2, -0.15) is 5.26 Å². The van der Waals surface area contributed by atoms with E-state index in [1.165, 1.54) is 11.6 Å². The average Bonchev–Trinajstić information content (AvgIpc) is 3.44. The van der Waals surface area contributed by atoms with Crippen LogP contribution in [0.1, 0.15) is 110 Å². The fourth-order valence-electron chi connectivity index (χ4n) is 9.74. The first-order valence-electron chi connectivity index (χ1n) is 20.5. The molecule has 312 valence electrons. The Bertz CT molecular complexity index is 2150. The average molecular weight is 827 g/mol. The Kier molecular flexibility index (Phi) is 12.1. The normalized spacial score (nSPS) is 23.6. The molecule has 0 bridgehead atoms. The Morgan fingerprint density at radius 2 is 1.68 bits per heavy atom. The van der Waals surface area contributed by atoms with Gasteiger partial charge < -0.3 is 20.1 Å². The van der Waals surface area contributed by atoms with Crippen molar-refractivity contribution >= 4 is 40.9 Å². The zero-order valence-electron chi connectivity index (χ0n) is 34.0. The minimum absolute atomic E-state index is 0.0369. The second-order valence-electron chi connectivity index (χ2n) is 17.4. The van der Waals surface area contributed by atoms with E-state index < -0.39 is 35.8 Å². The Balaban J connectivity index is 0.810. The highest BCUT2D eigenvalue weighted by Gasteiger charge is 2.64. The van der Waals surface area contributed by atoms with Gasteiger partial charge in [0.2, 0.25) is 11.8 Å². The van der Waals surface area contributed by atoms with Gasteiger partial charge in [-0.15, -0.1) is 0 Å². The summed E-state index contributed by atoms with van der Waals surface area (Å²) in [5.74, 6) is -1.75. The number of unbranched alkanes of at least 4 members (excludes halogenated alkanes) is 3. The van der Waals surface area contributed by atoms with E-state index in [4.69, 9.17) is 16.3 Å². The van der Waals surface area contributed by atoms with Gasteiger partial charge in [-0.3, -0.25) is 34.3 Å². The third-order valence-electron chi connectivity index (χ3n) is 12.7. The van der Waals surface area contributed by atoms with Crippen LogP contribution in [0.4, 0.5) is 10.1 Å². The van der Waals surface area contributed by atoms with Crippen LogP contribution in [0.5, 0.6) is 5.75 Å². The Morgan fingerprint density at radius 1 is 0.983 bits per heavy atom. The molecule has 1 aliphatic carbocycles. The summed E-state index contributed by atoms with van der Waals surface area (Å²) in [7, 11) is 0. The van der Waals surface area contributed by atoms with Gasteiger partial charge in [0.1, 0.15) is 29.8 Å². The van der Waals surface area contributed by atoms with Crippen molar-refractivity contribution in [1.82, 2.24) is 20.4 Å². The maximum atomic E-state index is 15.4. The smallest absolute Gasteiger partial charge is 0.257 e. The molecule has 12 nitrogen and oxygen atoms in total. The zero-order valence-corrected chi connectivity index (χ0v) is 34.8. The van der Waals surface area contributed by atoms with Crippen molar-refractivity contribution in [2.45, 2.75) is 97.1 Å². The molecule has 2 atom stereocenters. The van der Waals surface area contributed by atoms with Gasteiger partial charge in [-0.05, 0) is 74.2 Å². The van der Waals surface area contributed by atoms with Crippen LogP contribution in [0.15, 0.2) is 54.6 Å². The number of halogens is 2. The molecule has 0 radical (unpaired) electrons. The summed E-state index contributed by atoms with van der Waals surface area (Å²) in [4.78, 5) is 55.9. The van der Waals surface area contributed by atoms with Crippen molar-refractivity contribution in [3.63, 3.8) is 0 Å². The third kappa shape index (κ3) is 8.40. The van der Waals surface area contributed by atoms with Crippen molar-refractivity contribution in [2.24, 2.45) is 10.8 Å². The topological polar surface area (TPSA) is 155 Å². The molecule has 1 saturated carbocycles. The number of nitrogens with one attached hydrogen (secondary N) is 2. The number of rotatable bonds is 13. The fourth-order valence-corrected chi connectivity index (χ4v) is 9.95. The first kappa shape index (κ1) is 42.1. The van der Waals surface area contributed by atoms with Crippen LogP contribution < -0.4 is 20.3 Å². The number of hydrogen-bond donors (Lipinski definition) is 3. The summed E-state index contributed by atoms with van der Waals surface area (Å²) in [6.45, 7) is 12.0. The van der Waals surface area contributed by atoms with E-state index in [1.807, 2.05) is 29.2 Å². The maximum Gasteiger partial charge on any atom is 0.257 e. The molecule has 3 aliphatic heterocycles. The summed E-state index contributed by atoms with van der Waals surface area (Å²) >= 11 is 6.23. The van der Waals surface area contributed by atoms with Crippen LogP contribution in [0.2, 0.25) is 5.02 Å².